The molecule has 196 valence electrons. The Morgan fingerprint density at radius 3 is 1.29 bits per heavy atom. The van der Waals surface area contributed by atoms with Gasteiger partial charge in [-0.05, 0) is 104 Å². The summed E-state index contributed by atoms with van der Waals surface area (Å²) in [6.45, 7) is 14.7. The van der Waals surface area contributed by atoms with Crippen LogP contribution in [0, 0.1) is 23.7 Å². The molecule has 0 aromatic heterocycles. The minimum atomic E-state index is -0.403. The van der Waals surface area contributed by atoms with Crippen molar-refractivity contribution in [1.82, 2.24) is 9.80 Å². The third-order valence-electron chi connectivity index (χ3n) is 7.51. The molecule has 2 saturated carbocycles. The zero-order chi connectivity index (χ0) is 25.3. The molecule has 2 saturated heterocycles. The summed E-state index contributed by atoms with van der Waals surface area (Å²) in [5.74, 6) is 2.63. The Labute approximate surface area is 206 Å². The van der Waals surface area contributed by atoms with Gasteiger partial charge < -0.3 is 30.7 Å². The highest BCUT2D eigenvalue weighted by Crippen LogP contribution is 2.38. The van der Waals surface area contributed by atoms with Gasteiger partial charge >= 0.3 is 12.2 Å². The quantitative estimate of drug-likeness (QED) is 0.543. The summed E-state index contributed by atoms with van der Waals surface area (Å²) in [7, 11) is 0. The fourth-order valence-corrected chi connectivity index (χ4v) is 6.05. The van der Waals surface area contributed by atoms with E-state index >= 15 is 0 Å². The van der Waals surface area contributed by atoms with Gasteiger partial charge in [0.2, 0.25) is 0 Å². The summed E-state index contributed by atoms with van der Waals surface area (Å²) < 4.78 is 10.8. The molecular weight excluding hydrogens is 432 g/mol. The number of ether oxygens (including phenoxy) is 2. The molecule has 0 bridgehead atoms. The Bertz CT molecular complexity index is 657. The lowest BCUT2D eigenvalue weighted by atomic mass is 9.89. The fraction of sp³-hybridized carbons (Fsp3) is 0.923. The number of likely N-dealkylation sites (tertiary alicyclic amines) is 2. The first-order chi connectivity index (χ1) is 15.7. The summed E-state index contributed by atoms with van der Waals surface area (Å²) in [5, 5.41) is 0. The molecule has 8 heteroatoms. The maximum Gasteiger partial charge on any atom is 0.410 e. The Morgan fingerprint density at radius 1 is 0.647 bits per heavy atom. The number of carbonyl (C=O) groups is 2. The van der Waals surface area contributed by atoms with Gasteiger partial charge in [0, 0.05) is 38.3 Å². The predicted molar refractivity (Wildman–Crippen MR) is 133 cm³/mol. The van der Waals surface area contributed by atoms with Crippen LogP contribution in [-0.2, 0) is 9.47 Å². The molecule has 8 nitrogen and oxygen atoms in total. The van der Waals surface area contributed by atoms with Crippen molar-refractivity contribution in [2.45, 2.75) is 103 Å². The third kappa shape index (κ3) is 7.74. The maximum absolute atomic E-state index is 12.0. The first-order valence-corrected chi connectivity index (χ1v) is 13.2. The van der Waals surface area contributed by atoms with Gasteiger partial charge in [0.25, 0.3) is 0 Å². The summed E-state index contributed by atoms with van der Waals surface area (Å²) >= 11 is 0. The van der Waals surface area contributed by atoms with Crippen LogP contribution >= 0.6 is 0 Å². The minimum Gasteiger partial charge on any atom is -0.444 e. The van der Waals surface area contributed by atoms with E-state index in [1.807, 2.05) is 51.3 Å². The molecule has 6 atom stereocenters. The smallest absolute Gasteiger partial charge is 0.410 e. The number of nitrogens with two attached hydrogens (primary N) is 2. The van der Waals surface area contributed by atoms with E-state index in [9.17, 15) is 9.59 Å². The Balaban J connectivity index is 0.000000191. The standard InChI is InChI=1S/2C13H24N2O2/c2*1-13(2,3)17-12(16)15-5-4-9-6-11(14)7-10(9)8-15/h2*9-11H,4-8,14H2,1-3H3/t2*9-,10-,11+/m10/s1. The van der Waals surface area contributed by atoms with E-state index in [4.69, 9.17) is 20.9 Å². The van der Waals surface area contributed by atoms with Crippen LogP contribution in [0.5, 0.6) is 0 Å². The molecule has 4 fully saturated rings. The fourth-order valence-electron chi connectivity index (χ4n) is 6.05. The second-order valence-electron chi connectivity index (χ2n) is 12.9. The van der Waals surface area contributed by atoms with Crippen LogP contribution in [0.4, 0.5) is 9.59 Å². The van der Waals surface area contributed by atoms with Crippen LogP contribution < -0.4 is 11.5 Å². The number of carbonyl (C=O) groups excluding carboxylic acids is 2. The lowest BCUT2D eigenvalue weighted by molar-refractivity contribution is 0.0118. The van der Waals surface area contributed by atoms with Crippen molar-refractivity contribution < 1.29 is 19.1 Å². The van der Waals surface area contributed by atoms with Crippen molar-refractivity contribution in [2.75, 3.05) is 26.2 Å². The van der Waals surface area contributed by atoms with Crippen molar-refractivity contribution in [1.29, 1.82) is 0 Å². The molecule has 2 heterocycles. The molecular formula is C26H48N4O4. The minimum absolute atomic E-state index is 0.170. The van der Waals surface area contributed by atoms with E-state index in [2.05, 4.69) is 0 Å². The van der Waals surface area contributed by atoms with Crippen molar-refractivity contribution >= 4 is 12.2 Å². The Hall–Kier alpha value is -1.54. The molecule has 2 amide bonds. The maximum atomic E-state index is 12.0. The number of hydrogen-bond acceptors (Lipinski definition) is 6. The average Bonchev–Trinajstić information content (AvgIpc) is 3.24. The van der Waals surface area contributed by atoms with Crippen LogP contribution in [0.15, 0.2) is 0 Å². The molecule has 0 spiro atoms. The SMILES string of the molecule is CC(C)(C)OC(=O)N1CC[C@@H]2C[C@H](N)C[C@@H]2C1.CC(C)(C)OC(=O)N1CC[C@H]2C[C@@H](N)C[C@H]2C1. The molecule has 0 aromatic rings. The van der Waals surface area contributed by atoms with Crippen LogP contribution in [0.2, 0.25) is 0 Å². The molecule has 4 aliphatic rings. The lowest BCUT2D eigenvalue weighted by Gasteiger charge is -2.35. The highest BCUT2D eigenvalue weighted by atomic mass is 16.6. The zero-order valence-corrected chi connectivity index (χ0v) is 22.2. The van der Waals surface area contributed by atoms with E-state index in [-0.39, 0.29) is 12.2 Å². The molecule has 4 N–H and O–H groups in total. The van der Waals surface area contributed by atoms with Crippen molar-refractivity contribution in [2.24, 2.45) is 35.1 Å². The number of rotatable bonds is 0. The second-order valence-corrected chi connectivity index (χ2v) is 12.9. The van der Waals surface area contributed by atoms with E-state index < -0.39 is 11.2 Å². The van der Waals surface area contributed by atoms with Gasteiger partial charge in [-0.3, -0.25) is 0 Å². The first kappa shape index (κ1) is 27.1. The number of fused-ring (bicyclic) bond motifs is 2. The van der Waals surface area contributed by atoms with Crippen LogP contribution in [0.3, 0.4) is 0 Å². The van der Waals surface area contributed by atoms with Crippen molar-refractivity contribution in [3.63, 3.8) is 0 Å². The van der Waals surface area contributed by atoms with Gasteiger partial charge in [0.1, 0.15) is 11.2 Å². The van der Waals surface area contributed by atoms with Gasteiger partial charge in [-0.2, -0.15) is 0 Å². The largest absolute Gasteiger partial charge is 0.444 e. The summed E-state index contributed by atoms with van der Waals surface area (Å²) in [5.41, 5.74) is 11.2. The van der Waals surface area contributed by atoms with Gasteiger partial charge in [0.05, 0.1) is 0 Å². The highest BCUT2D eigenvalue weighted by Gasteiger charge is 2.40. The first-order valence-electron chi connectivity index (χ1n) is 13.2. The summed E-state index contributed by atoms with van der Waals surface area (Å²) in [4.78, 5) is 27.6. The van der Waals surface area contributed by atoms with Crippen molar-refractivity contribution in [3.8, 4) is 0 Å². The molecule has 34 heavy (non-hydrogen) atoms. The van der Waals surface area contributed by atoms with E-state index in [0.717, 1.165) is 76.5 Å². The van der Waals surface area contributed by atoms with E-state index in [1.165, 1.54) is 0 Å². The summed E-state index contributed by atoms with van der Waals surface area (Å²) in [6, 6.07) is 0.673. The van der Waals surface area contributed by atoms with Gasteiger partial charge in [-0.25, -0.2) is 9.59 Å². The second kappa shape index (κ2) is 10.6. The summed E-state index contributed by atoms with van der Waals surface area (Å²) in [6.07, 6.45) is 6.20. The molecule has 0 aromatic carbocycles. The van der Waals surface area contributed by atoms with Gasteiger partial charge in [0.15, 0.2) is 0 Å². The van der Waals surface area contributed by atoms with Crippen LogP contribution in [0.1, 0.15) is 80.1 Å². The monoisotopic (exact) mass is 480 g/mol. The van der Waals surface area contributed by atoms with Crippen molar-refractivity contribution in [3.05, 3.63) is 0 Å². The third-order valence-corrected chi connectivity index (χ3v) is 7.51. The molecule has 4 rings (SSSR count). The predicted octanol–water partition coefficient (Wildman–Crippen LogP) is 3.96. The average molecular weight is 481 g/mol. The Morgan fingerprint density at radius 2 is 0.971 bits per heavy atom. The van der Waals surface area contributed by atoms with Gasteiger partial charge in [-0.15, -0.1) is 0 Å². The Kier molecular flexibility index (Phi) is 8.44. The van der Waals surface area contributed by atoms with E-state index in [1.54, 1.807) is 0 Å². The number of nitrogens with zero attached hydrogens (tertiary/aromatic N) is 2. The number of hydrogen-bond donors (Lipinski definition) is 2. The highest BCUT2D eigenvalue weighted by molar-refractivity contribution is 5.68. The lowest BCUT2D eigenvalue weighted by Crippen LogP contribution is -2.44. The number of amides is 2. The van der Waals surface area contributed by atoms with E-state index in [0.29, 0.717) is 23.9 Å². The van der Waals surface area contributed by atoms with Gasteiger partial charge in [-0.1, -0.05) is 0 Å². The molecule has 2 aliphatic carbocycles. The topological polar surface area (TPSA) is 111 Å². The van der Waals surface area contributed by atoms with Crippen LogP contribution in [-0.4, -0.2) is 71.5 Å². The molecule has 0 unspecified atom stereocenters. The number of piperidine rings is 2. The van der Waals surface area contributed by atoms with Crippen LogP contribution in [0.25, 0.3) is 0 Å². The molecule has 2 aliphatic heterocycles. The zero-order valence-electron chi connectivity index (χ0n) is 22.2. The molecule has 0 radical (unpaired) electrons. The normalized spacial score (nSPS) is 33.4.